The second-order valence-electron chi connectivity index (χ2n) is 5.72. The van der Waals surface area contributed by atoms with Crippen molar-refractivity contribution in [2.45, 2.75) is 17.0 Å². The summed E-state index contributed by atoms with van der Waals surface area (Å²) < 4.78 is 7.15. The van der Waals surface area contributed by atoms with Gasteiger partial charge >= 0.3 is 0 Å². The number of ether oxygens (including phenoxy) is 1. The molecule has 9 nitrogen and oxygen atoms in total. The summed E-state index contributed by atoms with van der Waals surface area (Å²) in [5.74, 6) is 0.614. The van der Waals surface area contributed by atoms with Crippen LogP contribution >= 0.6 is 34.4 Å². The van der Waals surface area contributed by atoms with E-state index in [1.54, 1.807) is 24.3 Å². The van der Waals surface area contributed by atoms with Crippen molar-refractivity contribution in [2.24, 2.45) is 0 Å². The number of thioether (sulfide) groups is 1. The topological polar surface area (TPSA) is 111 Å². The van der Waals surface area contributed by atoms with Crippen LogP contribution in [0.4, 0.5) is 5.13 Å². The number of aromatic nitrogens is 5. The van der Waals surface area contributed by atoms with Crippen LogP contribution in [0.25, 0.3) is 4.96 Å². The Morgan fingerprint density at radius 2 is 2.10 bits per heavy atom. The van der Waals surface area contributed by atoms with E-state index in [1.165, 1.54) is 52.1 Å². The van der Waals surface area contributed by atoms with Gasteiger partial charge in [-0.25, -0.2) is 4.98 Å². The molecule has 0 radical (unpaired) electrons. The van der Waals surface area contributed by atoms with Crippen LogP contribution in [-0.4, -0.2) is 37.8 Å². The van der Waals surface area contributed by atoms with E-state index in [2.05, 4.69) is 25.6 Å². The summed E-state index contributed by atoms with van der Waals surface area (Å²) in [6.07, 6.45) is 0. The van der Waals surface area contributed by atoms with Crippen molar-refractivity contribution in [1.82, 2.24) is 24.8 Å². The Bertz CT molecular complexity index is 1250. The van der Waals surface area contributed by atoms with Gasteiger partial charge in [-0.15, -0.1) is 10.2 Å². The van der Waals surface area contributed by atoms with Crippen LogP contribution in [0.2, 0.25) is 0 Å². The number of nitrogens with one attached hydrogen (secondary N) is 1. The van der Waals surface area contributed by atoms with Gasteiger partial charge in [-0.1, -0.05) is 46.6 Å². The summed E-state index contributed by atoms with van der Waals surface area (Å²) in [5, 5.41) is 16.1. The molecule has 29 heavy (non-hydrogen) atoms. The van der Waals surface area contributed by atoms with E-state index < -0.39 is 0 Å². The number of benzene rings is 1. The Morgan fingerprint density at radius 1 is 1.28 bits per heavy atom. The lowest BCUT2D eigenvalue weighted by Crippen LogP contribution is -2.15. The molecule has 0 fully saturated rings. The molecular weight excluding hydrogens is 432 g/mol. The molecule has 0 atom stereocenters. The molecule has 0 aliphatic rings. The van der Waals surface area contributed by atoms with Crippen LogP contribution in [0.15, 0.2) is 39.5 Å². The maximum Gasteiger partial charge on any atom is 0.275 e. The van der Waals surface area contributed by atoms with E-state index in [9.17, 15) is 9.59 Å². The van der Waals surface area contributed by atoms with Crippen LogP contribution < -0.4 is 15.6 Å². The first-order valence-corrected chi connectivity index (χ1v) is 10.9. The molecule has 0 bridgehead atoms. The Labute approximate surface area is 176 Å². The Balaban J connectivity index is 1.43. The molecule has 0 spiro atoms. The first kappa shape index (κ1) is 19.5. The number of hydrogen-bond donors (Lipinski definition) is 1. The SMILES string of the molecule is COc1ccccc1C(=O)Nc1nnc(SCc2cc(=O)n3nc(C)sc3n2)s1. The molecule has 1 amide bonds. The van der Waals surface area contributed by atoms with Crippen molar-refractivity contribution < 1.29 is 9.53 Å². The summed E-state index contributed by atoms with van der Waals surface area (Å²) in [5.41, 5.74) is 0.840. The number of carbonyl (C=O) groups excluding carboxylic acids is 1. The number of fused-ring (bicyclic) bond motifs is 1. The Morgan fingerprint density at radius 3 is 2.93 bits per heavy atom. The average molecular weight is 447 g/mol. The highest BCUT2D eigenvalue weighted by Crippen LogP contribution is 2.28. The third-order valence-electron chi connectivity index (χ3n) is 3.72. The molecule has 4 rings (SSSR count). The molecule has 12 heteroatoms. The van der Waals surface area contributed by atoms with Crippen molar-refractivity contribution in [3.63, 3.8) is 0 Å². The van der Waals surface area contributed by atoms with Crippen LogP contribution in [0.5, 0.6) is 5.75 Å². The fraction of sp³-hybridized carbons (Fsp3) is 0.176. The van der Waals surface area contributed by atoms with Gasteiger partial charge in [0.25, 0.3) is 11.5 Å². The lowest BCUT2D eigenvalue weighted by molar-refractivity contribution is 0.102. The standard InChI is InChI=1S/C17H14N6O3S3/c1-9-22-23-13(24)7-10(18-16(23)28-9)8-27-17-21-20-15(29-17)19-14(25)11-5-3-4-6-12(11)26-2/h3-7H,8H2,1-2H3,(H,19,20,25). The fourth-order valence-electron chi connectivity index (χ4n) is 2.48. The van der Waals surface area contributed by atoms with E-state index in [-0.39, 0.29) is 11.5 Å². The molecule has 0 unspecified atom stereocenters. The summed E-state index contributed by atoms with van der Waals surface area (Å²) in [4.78, 5) is 29.6. The quantitative estimate of drug-likeness (QED) is 0.355. The van der Waals surface area contributed by atoms with Crippen LogP contribution in [-0.2, 0) is 5.75 Å². The highest BCUT2D eigenvalue weighted by Gasteiger charge is 2.15. The highest BCUT2D eigenvalue weighted by molar-refractivity contribution is 8.00. The molecule has 0 aliphatic carbocycles. The minimum atomic E-state index is -0.323. The third kappa shape index (κ3) is 4.28. The van der Waals surface area contributed by atoms with Gasteiger partial charge in [0.2, 0.25) is 10.1 Å². The summed E-state index contributed by atoms with van der Waals surface area (Å²) in [6.45, 7) is 1.83. The normalized spacial score (nSPS) is 11.0. The van der Waals surface area contributed by atoms with Gasteiger partial charge in [-0.3, -0.25) is 14.9 Å². The lowest BCUT2D eigenvalue weighted by Gasteiger charge is -2.06. The van der Waals surface area contributed by atoms with Crippen LogP contribution in [0, 0.1) is 6.92 Å². The van der Waals surface area contributed by atoms with Gasteiger partial charge in [0, 0.05) is 11.8 Å². The largest absolute Gasteiger partial charge is 0.496 e. The van der Waals surface area contributed by atoms with Gasteiger partial charge in [0.15, 0.2) is 4.34 Å². The van der Waals surface area contributed by atoms with Crippen molar-refractivity contribution in [3.8, 4) is 5.75 Å². The molecule has 148 valence electrons. The zero-order valence-corrected chi connectivity index (χ0v) is 17.7. The maximum absolute atomic E-state index is 12.4. The number of rotatable bonds is 6. The number of nitrogens with zero attached hydrogens (tertiary/aromatic N) is 5. The molecule has 1 aromatic carbocycles. The molecule has 3 heterocycles. The fourth-order valence-corrected chi connectivity index (χ4v) is 4.88. The number of hydrogen-bond acceptors (Lipinski definition) is 10. The third-order valence-corrected chi connectivity index (χ3v) is 6.55. The molecule has 1 N–H and O–H groups in total. The minimum absolute atomic E-state index is 0.211. The number of carbonyl (C=O) groups is 1. The van der Waals surface area contributed by atoms with Crippen molar-refractivity contribution in [1.29, 1.82) is 0 Å². The van der Waals surface area contributed by atoms with E-state index in [1.807, 2.05) is 6.92 Å². The number of para-hydroxylation sites is 1. The Kier molecular flexibility index (Phi) is 5.56. The van der Waals surface area contributed by atoms with Gasteiger partial charge < -0.3 is 4.74 Å². The van der Waals surface area contributed by atoms with Crippen LogP contribution in [0.1, 0.15) is 21.1 Å². The van der Waals surface area contributed by atoms with Gasteiger partial charge in [0.1, 0.15) is 10.8 Å². The smallest absolute Gasteiger partial charge is 0.275 e. The second kappa shape index (κ2) is 8.27. The van der Waals surface area contributed by atoms with Gasteiger partial charge in [-0.05, 0) is 19.1 Å². The van der Waals surface area contributed by atoms with E-state index >= 15 is 0 Å². The molecule has 0 saturated carbocycles. The minimum Gasteiger partial charge on any atom is -0.496 e. The van der Waals surface area contributed by atoms with E-state index in [0.717, 1.165) is 5.01 Å². The number of aryl methyl sites for hydroxylation is 1. The predicted octanol–water partition coefficient (Wildman–Crippen LogP) is 2.86. The number of anilines is 1. The summed E-state index contributed by atoms with van der Waals surface area (Å²) in [7, 11) is 1.51. The molecule has 0 saturated heterocycles. The zero-order valence-electron chi connectivity index (χ0n) is 15.3. The molecule has 3 aromatic heterocycles. The van der Waals surface area contributed by atoms with Gasteiger partial charge in [0.05, 0.1) is 18.4 Å². The molecule has 0 aliphatic heterocycles. The first-order chi connectivity index (χ1) is 14.0. The zero-order chi connectivity index (χ0) is 20.4. The summed E-state index contributed by atoms with van der Waals surface area (Å²) >= 11 is 4.00. The monoisotopic (exact) mass is 446 g/mol. The average Bonchev–Trinajstić information content (AvgIpc) is 3.32. The highest BCUT2D eigenvalue weighted by atomic mass is 32.2. The van der Waals surface area contributed by atoms with E-state index in [0.29, 0.717) is 37.2 Å². The van der Waals surface area contributed by atoms with Crippen molar-refractivity contribution in [3.05, 3.63) is 57.0 Å². The first-order valence-electron chi connectivity index (χ1n) is 8.30. The number of amides is 1. The Hall–Kier alpha value is -2.83. The van der Waals surface area contributed by atoms with E-state index in [4.69, 9.17) is 4.74 Å². The molecular formula is C17H14N6O3S3. The maximum atomic E-state index is 12.4. The van der Waals surface area contributed by atoms with Crippen molar-refractivity contribution in [2.75, 3.05) is 12.4 Å². The van der Waals surface area contributed by atoms with Crippen LogP contribution in [0.3, 0.4) is 0 Å². The predicted molar refractivity (Wildman–Crippen MR) is 112 cm³/mol. The summed E-state index contributed by atoms with van der Waals surface area (Å²) in [6, 6.07) is 8.40. The van der Waals surface area contributed by atoms with Crippen molar-refractivity contribution >= 4 is 50.4 Å². The number of methoxy groups -OCH3 is 1. The lowest BCUT2D eigenvalue weighted by atomic mass is 10.2. The molecule has 4 aromatic rings. The van der Waals surface area contributed by atoms with Gasteiger partial charge in [-0.2, -0.15) is 9.61 Å². The second-order valence-corrected chi connectivity index (χ2v) is 9.08.